The van der Waals surface area contributed by atoms with Gasteiger partial charge in [0.15, 0.2) is 0 Å². The molecule has 6 heteroatoms. The minimum atomic E-state index is -0.617. The average Bonchev–Trinajstić information content (AvgIpc) is 2.62. The van der Waals surface area contributed by atoms with E-state index in [-0.39, 0.29) is 0 Å². The highest BCUT2D eigenvalue weighted by Gasteiger charge is 2.12. The van der Waals surface area contributed by atoms with Gasteiger partial charge < -0.3 is 5.32 Å². The monoisotopic (exact) mass is 285 g/mol. The summed E-state index contributed by atoms with van der Waals surface area (Å²) in [6, 6.07) is 3.30. The van der Waals surface area contributed by atoms with Crippen LogP contribution in [0.15, 0.2) is 18.2 Å². The fourth-order valence-electron chi connectivity index (χ4n) is 1.88. The van der Waals surface area contributed by atoms with E-state index >= 15 is 0 Å². The minimum absolute atomic E-state index is 0.358. The van der Waals surface area contributed by atoms with Crippen LogP contribution < -0.4 is 5.32 Å². The number of hydrogen-bond acceptors (Lipinski definition) is 2. The molecule has 0 saturated carbocycles. The first-order valence-electron chi connectivity index (χ1n) is 5.93. The van der Waals surface area contributed by atoms with Crippen molar-refractivity contribution in [3.63, 3.8) is 0 Å². The Morgan fingerprint density at radius 2 is 1.89 bits per heavy atom. The van der Waals surface area contributed by atoms with Gasteiger partial charge in [-0.1, -0.05) is 11.6 Å². The highest BCUT2D eigenvalue weighted by atomic mass is 35.5. The van der Waals surface area contributed by atoms with Gasteiger partial charge in [-0.3, -0.25) is 4.68 Å². The summed E-state index contributed by atoms with van der Waals surface area (Å²) in [7, 11) is 0. The number of rotatable bonds is 4. The van der Waals surface area contributed by atoms with Crippen LogP contribution in [0, 0.1) is 18.6 Å². The number of aryl methyl sites for hydroxylation is 2. The van der Waals surface area contributed by atoms with Gasteiger partial charge in [0, 0.05) is 18.3 Å². The number of anilines is 1. The Labute approximate surface area is 115 Å². The summed E-state index contributed by atoms with van der Waals surface area (Å²) in [5.74, 6) is -1.23. The summed E-state index contributed by atoms with van der Waals surface area (Å²) in [4.78, 5) is 0. The van der Waals surface area contributed by atoms with Crippen LogP contribution in [0.4, 0.5) is 14.5 Å². The molecule has 1 aromatic heterocycles. The van der Waals surface area contributed by atoms with Crippen molar-refractivity contribution in [3.05, 3.63) is 46.2 Å². The summed E-state index contributed by atoms with van der Waals surface area (Å²) in [6.07, 6.45) is 0. The summed E-state index contributed by atoms with van der Waals surface area (Å²) in [6.45, 7) is 4.81. The topological polar surface area (TPSA) is 29.9 Å². The number of aromatic nitrogens is 2. The smallest absolute Gasteiger partial charge is 0.128 e. The first-order chi connectivity index (χ1) is 9.01. The van der Waals surface area contributed by atoms with Crippen molar-refractivity contribution < 1.29 is 8.78 Å². The number of benzene rings is 1. The van der Waals surface area contributed by atoms with Crippen molar-refractivity contribution in [2.45, 2.75) is 26.9 Å². The molecule has 0 aliphatic heterocycles. The zero-order valence-corrected chi connectivity index (χ0v) is 11.4. The van der Waals surface area contributed by atoms with Gasteiger partial charge in [0.1, 0.15) is 11.6 Å². The van der Waals surface area contributed by atoms with Gasteiger partial charge in [-0.15, -0.1) is 0 Å². The lowest BCUT2D eigenvalue weighted by Crippen LogP contribution is -2.08. The molecule has 0 saturated heterocycles. The molecule has 0 amide bonds. The molecule has 1 heterocycles. The lowest BCUT2D eigenvalue weighted by Gasteiger charge is -2.09. The molecule has 1 aromatic carbocycles. The van der Waals surface area contributed by atoms with Gasteiger partial charge in [-0.25, -0.2) is 8.78 Å². The van der Waals surface area contributed by atoms with Crippen LogP contribution in [0.3, 0.4) is 0 Å². The zero-order valence-electron chi connectivity index (χ0n) is 10.7. The molecule has 0 aliphatic rings. The number of hydrogen-bond donors (Lipinski definition) is 1. The Kier molecular flexibility index (Phi) is 4.04. The molecule has 0 spiro atoms. The average molecular weight is 286 g/mol. The maximum atomic E-state index is 13.1. The van der Waals surface area contributed by atoms with E-state index < -0.39 is 11.6 Å². The Bertz CT molecular complexity index is 576. The van der Waals surface area contributed by atoms with Crippen LogP contribution in [-0.2, 0) is 13.1 Å². The van der Waals surface area contributed by atoms with Gasteiger partial charge >= 0.3 is 0 Å². The quantitative estimate of drug-likeness (QED) is 0.927. The standard InChI is InChI=1S/C13H14ClF2N3/c1-3-19-12(13(14)8(2)18-19)7-17-11-5-9(15)4-10(16)6-11/h4-6,17H,3,7H2,1-2H3. The molecule has 0 radical (unpaired) electrons. The predicted octanol–water partition coefficient (Wildman–Crippen LogP) is 3.76. The van der Waals surface area contributed by atoms with Crippen LogP contribution in [0.25, 0.3) is 0 Å². The Morgan fingerprint density at radius 3 is 2.47 bits per heavy atom. The van der Waals surface area contributed by atoms with Crippen molar-refractivity contribution in [3.8, 4) is 0 Å². The summed E-state index contributed by atoms with van der Waals surface area (Å²) < 4.78 is 27.9. The van der Waals surface area contributed by atoms with E-state index in [2.05, 4.69) is 10.4 Å². The maximum Gasteiger partial charge on any atom is 0.128 e. The van der Waals surface area contributed by atoms with E-state index in [1.165, 1.54) is 12.1 Å². The van der Waals surface area contributed by atoms with Crippen LogP contribution >= 0.6 is 11.6 Å². The predicted molar refractivity (Wildman–Crippen MR) is 71.3 cm³/mol. The van der Waals surface area contributed by atoms with Crippen molar-refractivity contribution in [2.75, 3.05) is 5.32 Å². The third-order valence-electron chi connectivity index (χ3n) is 2.78. The van der Waals surface area contributed by atoms with Gasteiger partial charge in [0.2, 0.25) is 0 Å². The van der Waals surface area contributed by atoms with E-state index in [0.717, 1.165) is 17.5 Å². The first-order valence-corrected chi connectivity index (χ1v) is 6.30. The van der Waals surface area contributed by atoms with Crippen LogP contribution in [0.5, 0.6) is 0 Å². The van der Waals surface area contributed by atoms with Crippen molar-refractivity contribution in [1.82, 2.24) is 9.78 Å². The first kappa shape index (κ1) is 13.8. The lowest BCUT2D eigenvalue weighted by molar-refractivity contribution is 0.583. The fourth-order valence-corrected chi connectivity index (χ4v) is 2.08. The highest BCUT2D eigenvalue weighted by Crippen LogP contribution is 2.22. The van der Waals surface area contributed by atoms with Crippen molar-refractivity contribution >= 4 is 17.3 Å². The van der Waals surface area contributed by atoms with E-state index in [0.29, 0.717) is 23.8 Å². The van der Waals surface area contributed by atoms with Crippen LogP contribution in [0.1, 0.15) is 18.3 Å². The Hall–Kier alpha value is -1.62. The zero-order chi connectivity index (χ0) is 14.0. The van der Waals surface area contributed by atoms with E-state index in [9.17, 15) is 8.78 Å². The fraction of sp³-hybridized carbons (Fsp3) is 0.308. The Morgan fingerprint density at radius 1 is 1.26 bits per heavy atom. The molecule has 3 nitrogen and oxygen atoms in total. The molecule has 102 valence electrons. The van der Waals surface area contributed by atoms with Crippen LogP contribution in [0.2, 0.25) is 5.02 Å². The largest absolute Gasteiger partial charge is 0.379 e. The minimum Gasteiger partial charge on any atom is -0.379 e. The third kappa shape index (κ3) is 3.04. The second kappa shape index (κ2) is 5.57. The molecule has 0 bridgehead atoms. The maximum absolute atomic E-state index is 13.1. The molecular formula is C13H14ClF2N3. The van der Waals surface area contributed by atoms with Gasteiger partial charge in [-0.05, 0) is 26.0 Å². The number of nitrogens with zero attached hydrogens (tertiary/aromatic N) is 2. The number of halogens is 3. The normalized spacial score (nSPS) is 10.8. The van der Waals surface area contributed by atoms with Gasteiger partial charge in [-0.2, -0.15) is 5.10 Å². The van der Waals surface area contributed by atoms with Crippen molar-refractivity contribution in [1.29, 1.82) is 0 Å². The summed E-state index contributed by atoms with van der Waals surface area (Å²) >= 11 is 6.15. The Balaban J connectivity index is 2.18. The lowest BCUT2D eigenvalue weighted by atomic mass is 10.3. The molecule has 2 rings (SSSR count). The molecule has 2 aromatic rings. The molecule has 0 aliphatic carbocycles. The molecular weight excluding hydrogens is 272 g/mol. The summed E-state index contributed by atoms with van der Waals surface area (Å²) in [5, 5.41) is 7.79. The highest BCUT2D eigenvalue weighted by molar-refractivity contribution is 6.31. The van der Waals surface area contributed by atoms with Gasteiger partial charge in [0.05, 0.1) is 23.0 Å². The van der Waals surface area contributed by atoms with Gasteiger partial charge in [0.25, 0.3) is 0 Å². The summed E-state index contributed by atoms with van der Waals surface area (Å²) in [5.41, 5.74) is 1.91. The molecule has 19 heavy (non-hydrogen) atoms. The molecule has 0 atom stereocenters. The van der Waals surface area contributed by atoms with E-state index in [1.54, 1.807) is 4.68 Å². The number of nitrogens with one attached hydrogen (secondary N) is 1. The SMILES string of the molecule is CCn1nc(C)c(Cl)c1CNc1cc(F)cc(F)c1. The van der Waals surface area contributed by atoms with E-state index in [1.807, 2.05) is 13.8 Å². The second-order valence-electron chi connectivity index (χ2n) is 4.17. The molecule has 0 fully saturated rings. The van der Waals surface area contributed by atoms with Crippen LogP contribution in [-0.4, -0.2) is 9.78 Å². The van der Waals surface area contributed by atoms with E-state index in [4.69, 9.17) is 11.6 Å². The molecule has 1 N–H and O–H groups in total. The molecule has 0 unspecified atom stereocenters. The second-order valence-corrected chi connectivity index (χ2v) is 4.55. The third-order valence-corrected chi connectivity index (χ3v) is 3.27. The van der Waals surface area contributed by atoms with Crippen molar-refractivity contribution in [2.24, 2.45) is 0 Å².